The van der Waals surface area contributed by atoms with Crippen molar-refractivity contribution in [2.45, 2.75) is 39.7 Å². The van der Waals surface area contributed by atoms with Crippen LogP contribution in [0, 0.1) is 0 Å². The molecule has 5 rings (SSSR count). The van der Waals surface area contributed by atoms with Crippen molar-refractivity contribution in [3.8, 4) is 11.1 Å². The van der Waals surface area contributed by atoms with Gasteiger partial charge in [0.2, 0.25) is 11.8 Å². The maximum Gasteiger partial charge on any atom is 0.223 e. The molecule has 3 aromatic rings. The molecule has 6 heteroatoms. The first-order valence-corrected chi connectivity index (χ1v) is 11.8. The number of carbonyl (C=O) groups excluding carboxylic acids is 2. The predicted molar refractivity (Wildman–Crippen MR) is 139 cm³/mol. The topological polar surface area (TPSA) is 87.5 Å². The number of carbonyl (C=O) groups is 2. The number of benzene rings is 3. The molecule has 0 saturated heterocycles. The highest BCUT2D eigenvalue weighted by Crippen LogP contribution is 2.32. The number of aryl methyl sites for hydroxylation is 1. The molecule has 0 atom stereocenters. The molecule has 0 saturated carbocycles. The van der Waals surface area contributed by atoms with Gasteiger partial charge in [0, 0.05) is 44.0 Å². The monoisotopic (exact) mass is 456 g/mol. The lowest BCUT2D eigenvalue weighted by Gasteiger charge is -2.29. The normalized spacial score (nSPS) is 14.2. The summed E-state index contributed by atoms with van der Waals surface area (Å²) in [6.45, 7) is 5.98. The molecule has 0 radical (unpaired) electrons. The SMILES string of the molecule is CC(=O)Nc1cccc(-c2ccc3c(c2)CCCN3C(C)=O)c1.Nc1ccc2c(c1)CCNC2. The van der Waals surface area contributed by atoms with Gasteiger partial charge in [-0.1, -0.05) is 24.3 Å². The number of anilines is 3. The van der Waals surface area contributed by atoms with Crippen LogP contribution in [-0.4, -0.2) is 24.9 Å². The van der Waals surface area contributed by atoms with Gasteiger partial charge in [-0.05, 0) is 90.0 Å². The van der Waals surface area contributed by atoms with Gasteiger partial charge in [0.1, 0.15) is 0 Å². The van der Waals surface area contributed by atoms with Crippen LogP contribution in [0.4, 0.5) is 17.1 Å². The minimum atomic E-state index is -0.0790. The lowest BCUT2D eigenvalue weighted by molar-refractivity contribution is -0.116. The summed E-state index contributed by atoms with van der Waals surface area (Å²) in [4.78, 5) is 24.8. The van der Waals surface area contributed by atoms with Crippen LogP contribution in [0.3, 0.4) is 0 Å². The Morgan fingerprint density at radius 1 is 0.912 bits per heavy atom. The lowest BCUT2D eigenvalue weighted by atomic mass is 9.96. The average Bonchev–Trinajstić information content (AvgIpc) is 2.83. The van der Waals surface area contributed by atoms with E-state index in [1.54, 1.807) is 6.92 Å². The Bertz CT molecular complexity index is 1200. The van der Waals surface area contributed by atoms with Crippen molar-refractivity contribution in [3.05, 3.63) is 77.4 Å². The van der Waals surface area contributed by atoms with E-state index in [0.717, 1.165) is 67.1 Å². The Hall–Kier alpha value is -3.64. The molecule has 2 aliphatic rings. The Labute approximate surface area is 201 Å². The summed E-state index contributed by atoms with van der Waals surface area (Å²) >= 11 is 0. The number of hydrogen-bond acceptors (Lipinski definition) is 4. The van der Waals surface area contributed by atoms with Gasteiger partial charge in [-0.25, -0.2) is 0 Å². The minimum absolute atomic E-state index is 0.0790. The summed E-state index contributed by atoms with van der Waals surface area (Å²) in [5.74, 6) is 0.0102. The number of nitrogens with zero attached hydrogens (tertiary/aromatic N) is 1. The largest absolute Gasteiger partial charge is 0.399 e. The maximum absolute atomic E-state index is 11.7. The molecule has 0 spiro atoms. The predicted octanol–water partition coefficient (Wildman–Crippen LogP) is 4.53. The molecule has 3 aromatic carbocycles. The first kappa shape index (κ1) is 23.5. The van der Waals surface area contributed by atoms with Crippen molar-refractivity contribution in [2.75, 3.05) is 29.0 Å². The van der Waals surface area contributed by atoms with Crippen LogP contribution in [0.1, 0.15) is 37.0 Å². The first-order valence-electron chi connectivity index (χ1n) is 11.8. The Kier molecular flexibility index (Phi) is 7.28. The Morgan fingerprint density at radius 3 is 2.53 bits per heavy atom. The lowest BCUT2D eigenvalue weighted by Crippen LogP contribution is -2.33. The highest BCUT2D eigenvalue weighted by molar-refractivity contribution is 5.93. The minimum Gasteiger partial charge on any atom is -0.399 e. The number of nitrogens with two attached hydrogens (primary N) is 1. The van der Waals surface area contributed by atoms with Gasteiger partial charge in [0.15, 0.2) is 0 Å². The third kappa shape index (κ3) is 5.64. The fourth-order valence-electron chi connectivity index (χ4n) is 4.58. The van der Waals surface area contributed by atoms with Crippen molar-refractivity contribution in [1.29, 1.82) is 0 Å². The fourth-order valence-corrected chi connectivity index (χ4v) is 4.58. The smallest absolute Gasteiger partial charge is 0.223 e. The molecule has 4 N–H and O–H groups in total. The van der Waals surface area contributed by atoms with Gasteiger partial charge in [-0.2, -0.15) is 0 Å². The molecule has 6 nitrogen and oxygen atoms in total. The van der Waals surface area contributed by atoms with Crippen molar-refractivity contribution < 1.29 is 9.59 Å². The van der Waals surface area contributed by atoms with E-state index in [2.05, 4.69) is 28.8 Å². The van der Waals surface area contributed by atoms with Crippen molar-refractivity contribution in [2.24, 2.45) is 0 Å². The quantitative estimate of drug-likeness (QED) is 0.495. The van der Waals surface area contributed by atoms with E-state index in [9.17, 15) is 9.59 Å². The molecular formula is C28H32N4O2. The van der Waals surface area contributed by atoms with E-state index in [1.165, 1.54) is 23.6 Å². The summed E-state index contributed by atoms with van der Waals surface area (Å²) in [6, 6.07) is 20.2. The third-order valence-corrected chi connectivity index (χ3v) is 6.21. The highest BCUT2D eigenvalue weighted by atomic mass is 16.2. The number of hydrogen-bond donors (Lipinski definition) is 3. The van der Waals surface area contributed by atoms with Crippen LogP contribution in [-0.2, 0) is 29.0 Å². The van der Waals surface area contributed by atoms with E-state index < -0.39 is 0 Å². The number of nitrogen functional groups attached to an aromatic ring is 1. The van der Waals surface area contributed by atoms with Crippen LogP contribution in [0.25, 0.3) is 11.1 Å². The summed E-state index contributed by atoms with van der Waals surface area (Å²) in [7, 11) is 0. The van der Waals surface area contributed by atoms with Gasteiger partial charge in [-0.15, -0.1) is 0 Å². The fraction of sp³-hybridized carbons (Fsp3) is 0.286. The molecule has 2 aliphatic heterocycles. The summed E-state index contributed by atoms with van der Waals surface area (Å²) in [5, 5.41) is 6.13. The summed E-state index contributed by atoms with van der Waals surface area (Å²) in [6.07, 6.45) is 3.08. The Balaban J connectivity index is 0.000000207. The second-order valence-electron chi connectivity index (χ2n) is 8.83. The van der Waals surface area contributed by atoms with Crippen LogP contribution in [0.2, 0.25) is 0 Å². The number of nitrogens with one attached hydrogen (secondary N) is 2. The van der Waals surface area contributed by atoms with E-state index >= 15 is 0 Å². The molecule has 2 heterocycles. The van der Waals surface area contributed by atoms with Crippen molar-refractivity contribution in [1.82, 2.24) is 5.32 Å². The summed E-state index contributed by atoms with van der Waals surface area (Å²) in [5.41, 5.74) is 14.5. The number of fused-ring (bicyclic) bond motifs is 2. The highest BCUT2D eigenvalue weighted by Gasteiger charge is 2.20. The van der Waals surface area contributed by atoms with Gasteiger partial charge in [0.05, 0.1) is 0 Å². The standard InChI is InChI=1S/C19H20N2O2.C9H12N2/c1-13(22)20-18-7-3-5-15(12-18)16-8-9-19-17(11-16)6-4-10-21(19)14(2)23;10-9-2-1-8-6-11-4-3-7(8)5-9/h3,5,7-9,11-12H,4,6,10H2,1-2H3,(H,20,22);1-2,5,11H,3-4,6,10H2. The molecular weight excluding hydrogens is 424 g/mol. The molecule has 0 bridgehead atoms. The number of amides is 2. The van der Waals surface area contributed by atoms with Crippen molar-refractivity contribution in [3.63, 3.8) is 0 Å². The zero-order chi connectivity index (χ0) is 24.1. The zero-order valence-electron chi connectivity index (χ0n) is 19.9. The van der Waals surface area contributed by atoms with E-state index in [1.807, 2.05) is 47.4 Å². The van der Waals surface area contributed by atoms with E-state index in [4.69, 9.17) is 5.73 Å². The molecule has 34 heavy (non-hydrogen) atoms. The van der Waals surface area contributed by atoms with E-state index in [-0.39, 0.29) is 11.8 Å². The second-order valence-corrected chi connectivity index (χ2v) is 8.83. The second kappa shape index (κ2) is 10.5. The van der Waals surface area contributed by atoms with E-state index in [0.29, 0.717) is 0 Å². The number of rotatable bonds is 2. The van der Waals surface area contributed by atoms with Crippen LogP contribution < -0.4 is 21.3 Å². The molecule has 2 amide bonds. The maximum atomic E-state index is 11.7. The Morgan fingerprint density at radius 2 is 1.74 bits per heavy atom. The average molecular weight is 457 g/mol. The molecule has 0 aromatic heterocycles. The van der Waals surface area contributed by atoms with Crippen LogP contribution >= 0.6 is 0 Å². The van der Waals surface area contributed by atoms with Crippen molar-refractivity contribution >= 4 is 28.9 Å². The first-order chi connectivity index (χ1) is 16.4. The van der Waals surface area contributed by atoms with Gasteiger partial charge >= 0.3 is 0 Å². The molecule has 0 fully saturated rings. The molecule has 176 valence electrons. The molecule has 0 aliphatic carbocycles. The van der Waals surface area contributed by atoms with Gasteiger partial charge in [-0.3, -0.25) is 9.59 Å². The summed E-state index contributed by atoms with van der Waals surface area (Å²) < 4.78 is 0. The van der Waals surface area contributed by atoms with Gasteiger partial charge in [0.25, 0.3) is 0 Å². The third-order valence-electron chi connectivity index (χ3n) is 6.21. The molecule has 0 unspecified atom stereocenters. The van der Waals surface area contributed by atoms with Crippen LogP contribution in [0.15, 0.2) is 60.7 Å². The zero-order valence-corrected chi connectivity index (χ0v) is 19.9. The van der Waals surface area contributed by atoms with Crippen LogP contribution in [0.5, 0.6) is 0 Å². The van der Waals surface area contributed by atoms with Gasteiger partial charge < -0.3 is 21.3 Å².